The van der Waals surface area contributed by atoms with Crippen LogP contribution in [0.1, 0.15) is 10.5 Å². The molecule has 1 aromatic carbocycles. The van der Waals surface area contributed by atoms with E-state index in [4.69, 9.17) is 5.11 Å². The number of amides is 2. The maximum atomic E-state index is 12.1. The summed E-state index contributed by atoms with van der Waals surface area (Å²) in [6.07, 6.45) is 2.60. The van der Waals surface area contributed by atoms with E-state index in [0.717, 1.165) is 22.0 Å². The van der Waals surface area contributed by atoms with Crippen molar-refractivity contribution in [3.63, 3.8) is 0 Å². The zero-order valence-electron chi connectivity index (χ0n) is 13.0. The Hall–Kier alpha value is -3.29. The van der Waals surface area contributed by atoms with Gasteiger partial charge in [-0.1, -0.05) is 6.07 Å². The Morgan fingerprint density at radius 1 is 1.21 bits per heavy atom. The van der Waals surface area contributed by atoms with Crippen molar-refractivity contribution in [2.45, 2.75) is 0 Å². The summed E-state index contributed by atoms with van der Waals surface area (Å²) in [6, 6.07) is 7.65. The summed E-state index contributed by atoms with van der Waals surface area (Å²) in [5.41, 5.74) is 3.32. The van der Waals surface area contributed by atoms with Crippen LogP contribution in [-0.4, -0.2) is 45.0 Å². The lowest BCUT2D eigenvalue weighted by Gasteiger charge is -2.03. The Labute approximate surface area is 137 Å². The number of aromatic nitrogens is 3. The third-order valence-electron chi connectivity index (χ3n) is 3.59. The van der Waals surface area contributed by atoms with E-state index >= 15 is 0 Å². The van der Waals surface area contributed by atoms with Gasteiger partial charge >= 0.3 is 6.09 Å². The summed E-state index contributed by atoms with van der Waals surface area (Å²) in [7, 11) is 1.86. The first kappa shape index (κ1) is 15.6. The predicted octanol–water partition coefficient (Wildman–Crippen LogP) is 1.57. The largest absolute Gasteiger partial charge is 0.465 e. The van der Waals surface area contributed by atoms with Gasteiger partial charge in [0, 0.05) is 42.8 Å². The number of carboxylic acid groups (broad SMARTS) is 1. The van der Waals surface area contributed by atoms with Crippen LogP contribution in [-0.2, 0) is 7.05 Å². The smallest absolute Gasteiger partial charge is 0.404 e. The summed E-state index contributed by atoms with van der Waals surface area (Å²) in [5, 5.41) is 18.4. The minimum absolute atomic E-state index is 0.159. The van der Waals surface area contributed by atoms with E-state index in [2.05, 4.69) is 20.7 Å². The highest BCUT2D eigenvalue weighted by atomic mass is 16.4. The Morgan fingerprint density at radius 2 is 2.00 bits per heavy atom. The Balaban J connectivity index is 1.73. The number of carbonyl (C=O) groups excluding carboxylic acids is 1. The standard InChI is InChI=1S/C16H17N5O3/c1-21-9-12(8-19-21)10-2-3-13-11(6-10)7-14(20-13)15(22)17-4-5-18-16(23)24/h2-3,6-9,18,20H,4-5H2,1H3,(H,17,22)(H,23,24). The van der Waals surface area contributed by atoms with Crippen LogP contribution in [0.15, 0.2) is 36.7 Å². The molecular weight excluding hydrogens is 310 g/mol. The Bertz CT molecular complexity index is 896. The lowest BCUT2D eigenvalue weighted by molar-refractivity contribution is 0.0949. The van der Waals surface area contributed by atoms with Gasteiger partial charge in [-0.3, -0.25) is 9.48 Å². The highest BCUT2D eigenvalue weighted by molar-refractivity contribution is 5.98. The number of H-pyrrole nitrogens is 1. The molecule has 3 rings (SSSR count). The number of nitrogens with one attached hydrogen (secondary N) is 3. The number of fused-ring (bicyclic) bond motifs is 1. The van der Waals surface area contributed by atoms with Gasteiger partial charge in [0.05, 0.1) is 6.20 Å². The molecule has 0 spiro atoms. The average Bonchev–Trinajstić information content (AvgIpc) is 3.16. The third-order valence-corrected chi connectivity index (χ3v) is 3.59. The van der Waals surface area contributed by atoms with E-state index in [9.17, 15) is 9.59 Å². The van der Waals surface area contributed by atoms with Crippen molar-refractivity contribution in [2.75, 3.05) is 13.1 Å². The van der Waals surface area contributed by atoms with Crippen LogP contribution in [0.5, 0.6) is 0 Å². The average molecular weight is 327 g/mol. The van der Waals surface area contributed by atoms with E-state index in [1.165, 1.54) is 0 Å². The molecule has 0 aliphatic rings. The fourth-order valence-electron chi connectivity index (χ4n) is 2.45. The molecule has 2 amide bonds. The molecule has 0 fully saturated rings. The van der Waals surface area contributed by atoms with Gasteiger partial charge in [-0.05, 0) is 23.8 Å². The monoisotopic (exact) mass is 327 g/mol. The van der Waals surface area contributed by atoms with Gasteiger partial charge < -0.3 is 20.7 Å². The molecule has 0 radical (unpaired) electrons. The number of aryl methyl sites for hydroxylation is 1. The van der Waals surface area contributed by atoms with E-state index in [0.29, 0.717) is 5.69 Å². The highest BCUT2D eigenvalue weighted by Gasteiger charge is 2.10. The fraction of sp³-hybridized carbons (Fsp3) is 0.188. The van der Waals surface area contributed by atoms with Gasteiger partial charge in [-0.2, -0.15) is 5.10 Å². The molecule has 0 aliphatic carbocycles. The van der Waals surface area contributed by atoms with Crippen LogP contribution in [0.3, 0.4) is 0 Å². The van der Waals surface area contributed by atoms with Gasteiger partial charge in [-0.15, -0.1) is 0 Å². The highest BCUT2D eigenvalue weighted by Crippen LogP contribution is 2.24. The first-order valence-electron chi connectivity index (χ1n) is 7.40. The number of carbonyl (C=O) groups is 2. The SMILES string of the molecule is Cn1cc(-c2ccc3[nH]c(C(=O)NCCNC(=O)O)cc3c2)cn1. The second-order valence-corrected chi connectivity index (χ2v) is 5.38. The first-order chi connectivity index (χ1) is 11.5. The predicted molar refractivity (Wildman–Crippen MR) is 88.9 cm³/mol. The van der Waals surface area contributed by atoms with Crippen molar-refractivity contribution in [1.29, 1.82) is 0 Å². The van der Waals surface area contributed by atoms with Crippen molar-refractivity contribution in [3.8, 4) is 11.1 Å². The number of rotatable bonds is 5. The molecular formula is C16H17N5O3. The molecule has 0 aliphatic heterocycles. The second kappa shape index (κ2) is 6.45. The fourth-order valence-corrected chi connectivity index (χ4v) is 2.45. The summed E-state index contributed by atoms with van der Waals surface area (Å²) in [5.74, 6) is -0.277. The zero-order chi connectivity index (χ0) is 17.1. The quantitative estimate of drug-likeness (QED) is 0.533. The lowest BCUT2D eigenvalue weighted by atomic mass is 10.1. The molecule has 0 saturated carbocycles. The number of aromatic amines is 1. The van der Waals surface area contributed by atoms with E-state index < -0.39 is 6.09 Å². The number of benzene rings is 1. The molecule has 124 valence electrons. The topological polar surface area (TPSA) is 112 Å². The molecule has 2 heterocycles. The molecule has 4 N–H and O–H groups in total. The normalized spacial score (nSPS) is 10.7. The van der Waals surface area contributed by atoms with Gasteiger partial charge in [0.25, 0.3) is 5.91 Å². The van der Waals surface area contributed by atoms with Crippen molar-refractivity contribution >= 4 is 22.9 Å². The molecule has 24 heavy (non-hydrogen) atoms. The first-order valence-corrected chi connectivity index (χ1v) is 7.40. The van der Waals surface area contributed by atoms with Gasteiger partial charge in [0.15, 0.2) is 0 Å². The van der Waals surface area contributed by atoms with Gasteiger partial charge in [-0.25, -0.2) is 4.79 Å². The second-order valence-electron chi connectivity index (χ2n) is 5.38. The Morgan fingerprint density at radius 3 is 2.71 bits per heavy atom. The van der Waals surface area contributed by atoms with Crippen LogP contribution in [0.2, 0.25) is 0 Å². The van der Waals surface area contributed by atoms with Crippen LogP contribution >= 0.6 is 0 Å². The number of hydrogen-bond acceptors (Lipinski definition) is 3. The Kier molecular flexibility index (Phi) is 4.19. The van der Waals surface area contributed by atoms with Crippen molar-refractivity contribution in [1.82, 2.24) is 25.4 Å². The molecule has 0 unspecified atom stereocenters. The lowest BCUT2D eigenvalue weighted by Crippen LogP contribution is -2.34. The summed E-state index contributed by atoms with van der Waals surface area (Å²) >= 11 is 0. The molecule has 8 heteroatoms. The van der Waals surface area contributed by atoms with Crippen LogP contribution < -0.4 is 10.6 Å². The van der Waals surface area contributed by atoms with Crippen molar-refractivity contribution in [2.24, 2.45) is 7.05 Å². The van der Waals surface area contributed by atoms with Crippen molar-refractivity contribution in [3.05, 3.63) is 42.4 Å². The van der Waals surface area contributed by atoms with E-state index in [-0.39, 0.29) is 19.0 Å². The van der Waals surface area contributed by atoms with E-state index in [1.807, 2.05) is 31.4 Å². The van der Waals surface area contributed by atoms with E-state index in [1.54, 1.807) is 16.9 Å². The molecule has 8 nitrogen and oxygen atoms in total. The summed E-state index contributed by atoms with van der Waals surface area (Å²) < 4.78 is 1.74. The van der Waals surface area contributed by atoms with Crippen molar-refractivity contribution < 1.29 is 14.7 Å². The number of nitrogens with zero attached hydrogens (tertiary/aromatic N) is 2. The zero-order valence-corrected chi connectivity index (χ0v) is 13.0. The maximum Gasteiger partial charge on any atom is 0.404 e. The van der Waals surface area contributed by atoms with Crippen LogP contribution in [0.25, 0.3) is 22.0 Å². The van der Waals surface area contributed by atoms with Crippen LogP contribution in [0, 0.1) is 0 Å². The molecule has 2 aromatic heterocycles. The third kappa shape index (κ3) is 3.37. The molecule has 0 atom stereocenters. The number of hydrogen-bond donors (Lipinski definition) is 4. The van der Waals surface area contributed by atoms with Gasteiger partial charge in [0.2, 0.25) is 0 Å². The summed E-state index contributed by atoms with van der Waals surface area (Å²) in [6.45, 7) is 0.383. The minimum atomic E-state index is -1.11. The van der Waals surface area contributed by atoms with Gasteiger partial charge in [0.1, 0.15) is 5.69 Å². The molecule has 0 saturated heterocycles. The molecule has 0 bridgehead atoms. The molecule has 3 aromatic rings. The summed E-state index contributed by atoms with van der Waals surface area (Å²) in [4.78, 5) is 25.5. The maximum absolute atomic E-state index is 12.1. The minimum Gasteiger partial charge on any atom is -0.465 e. The van der Waals surface area contributed by atoms with Crippen LogP contribution in [0.4, 0.5) is 4.79 Å².